The maximum absolute atomic E-state index is 13.8. The molecule has 0 N–H and O–H groups in total. The lowest BCUT2D eigenvalue weighted by Gasteiger charge is -2.41. The molecule has 2 heterocycles. The number of unbranched alkanes of at least 4 members (excludes halogenated alkanes) is 1. The monoisotopic (exact) mass is 430 g/mol. The zero-order valence-corrected chi connectivity index (χ0v) is 19.1. The number of hydrogen-bond donors (Lipinski definition) is 0. The second kappa shape index (κ2) is 9.51. The van der Waals surface area contributed by atoms with Crippen molar-refractivity contribution in [2.45, 2.75) is 38.6 Å². The summed E-state index contributed by atoms with van der Waals surface area (Å²) in [5.41, 5.74) is 1.20. The first-order valence-electron chi connectivity index (χ1n) is 10.3. The van der Waals surface area contributed by atoms with Crippen molar-refractivity contribution in [3.8, 4) is 11.5 Å². The Bertz CT molecular complexity index is 897. The lowest BCUT2D eigenvalue weighted by atomic mass is 9.81. The van der Waals surface area contributed by atoms with Crippen LogP contribution >= 0.6 is 11.3 Å². The number of carbonyl (C=O) groups is 2. The largest absolute Gasteiger partial charge is 0.493 e. The Kier molecular flexibility index (Phi) is 7.02. The molecule has 0 bridgehead atoms. The van der Waals surface area contributed by atoms with Crippen LogP contribution in [0.15, 0.2) is 29.6 Å². The van der Waals surface area contributed by atoms with Crippen LogP contribution in [-0.4, -0.2) is 56.0 Å². The Balaban J connectivity index is 2.19. The molecule has 2 aromatic rings. The van der Waals surface area contributed by atoms with Gasteiger partial charge in [0.1, 0.15) is 0 Å². The van der Waals surface area contributed by atoms with Crippen molar-refractivity contribution in [3.05, 3.63) is 45.6 Å². The molecule has 0 spiro atoms. The molecule has 1 aliphatic rings. The first-order valence-corrected chi connectivity index (χ1v) is 11.2. The van der Waals surface area contributed by atoms with E-state index in [2.05, 4.69) is 6.92 Å². The number of fused-ring (bicyclic) bond motifs is 1. The van der Waals surface area contributed by atoms with Gasteiger partial charge in [-0.1, -0.05) is 19.4 Å². The highest BCUT2D eigenvalue weighted by atomic mass is 32.1. The number of likely N-dealkylation sites (N-methyl/N-ethyl adjacent to an activating group) is 2. The fraction of sp³-hybridized carbons (Fsp3) is 0.478. The fourth-order valence-corrected chi connectivity index (χ4v) is 5.00. The van der Waals surface area contributed by atoms with Crippen LogP contribution in [0.2, 0.25) is 0 Å². The number of methoxy groups -OCH3 is 2. The zero-order chi connectivity index (χ0) is 21.8. The molecular weight excluding hydrogens is 400 g/mol. The molecule has 1 aromatic heterocycles. The fourth-order valence-electron chi connectivity index (χ4n) is 4.10. The predicted molar refractivity (Wildman–Crippen MR) is 119 cm³/mol. The highest BCUT2D eigenvalue weighted by Crippen LogP contribution is 2.47. The van der Waals surface area contributed by atoms with E-state index in [-0.39, 0.29) is 17.9 Å². The third-order valence-corrected chi connectivity index (χ3v) is 6.69. The van der Waals surface area contributed by atoms with Gasteiger partial charge < -0.3 is 19.3 Å². The van der Waals surface area contributed by atoms with E-state index in [1.165, 1.54) is 0 Å². The first kappa shape index (κ1) is 22.2. The van der Waals surface area contributed by atoms with E-state index in [4.69, 9.17) is 9.47 Å². The van der Waals surface area contributed by atoms with E-state index in [1.807, 2.05) is 29.3 Å². The van der Waals surface area contributed by atoms with Crippen LogP contribution in [0.3, 0.4) is 0 Å². The number of nitrogens with zero attached hydrogens (tertiary/aromatic N) is 2. The summed E-state index contributed by atoms with van der Waals surface area (Å²) >= 11 is 1.57. The van der Waals surface area contributed by atoms with Crippen molar-refractivity contribution in [2.75, 3.05) is 34.4 Å². The topological polar surface area (TPSA) is 59.1 Å². The van der Waals surface area contributed by atoms with Crippen molar-refractivity contribution in [1.82, 2.24) is 9.80 Å². The Hall–Kier alpha value is -2.54. The normalized spacial score (nSPS) is 18.2. The molecule has 3 rings (SSSR count). The maximum atomic E-state index is 13.8. The average Bonchev–Trinajstić information content (AvgIpc) is 3.29. The van der Waals surface area contributed by atoms with Crippen LogP contribution in [0.5, 0.6) is 11.5 Å². The van der Waals surface area contributed by atoms with Gasteiger partial charge in [0.2, 0.25) is 5.91 Å². The molecule has 0 unspecified atom stereocenters. The predicted octanol–water partition coefficient (Wildman–Crippen LogP) is 4.32. The molecule has 162 valence electrons. The van der Waals surface area contributed by atoms with Gasteiger partial charge in [-0.05, 0) is 42.5 Å². The van der Waals surface area contributed by atoms with Crippen molar-refractivity contribution in [1.29, 1.82) is 0 Å². The number of hydrogen-bond acceptors (Lipinski definition) is 5. The number of amides is 2. The Labute approximate surface area is 182 Å². The van der Waals surface area contributed by atoms with Gasteiger partial charge in [-0.15, -0.1) is 11.3 Å². The Morgan fingerprint density at radius 3 is 2.47 bits per heavy atom. The third-order valence-electron chi connectivity index (χ3n) is 5.75. The van der Waals surface area contributed by atoms with Crippen LogP contribution in [0, 0.1) is 0 Å². The summed E-state index contributed by atoms with van der Waals surface area (Å²) in [6.07, 6.45) is 1.96. The lowest BCUT2D eigenvalue weighted by Crippen LogP contribution is -2.47. The molecule has 0 fully saturated rings. The van der Waals surface area contributed by atoms with Crippen LogP contribution in [0.1, 0.15) is 59.4 Å². The van der Waals surface area contributed by atoms with Gasteiger partial charge in [0.05, 0.1) is 26.2 Å². The molecule has 7 heteroatoms. The van der Waals surface area contributed by atoms with Gasteiger partial charge in [-0.25, -0.2) is 0 Å². The Morgan fingerprint density at radius 2 is 1.90 bits per heavy atom. The van der Waals surface area contributed by atoms with Gasteiger partial charge in [-0.2, -0.15) is 0 Å². The minimum Gasteiger partial charge on any atom is -0.493 e. The number of ether oxygens (including phenoxy) is 2. The van der Waals surface area contributed by atoms with Crippen LogP contribution in [0.25, 0.3) is 0 Å². The minimum atomic E-state index is -0.502. The van der Waals surface area contributed by atoms with E-state index >= 15 is 0 Å². The third kappa shape index (κ3) is 3.90. The molecule has 1 aliphatic heterocycles. The zero-order valence-electron chi connectivity index (χ0n) is 18.3. The smallest absolute Gasteiger partial charge is 0.254 e. The highest BCUT2D eigenvalue weighted by Gasteiger charge is 2.45. The first-order chi connectivity index (χ1) is 14.5. The molecule has 1 aromatic carbocycles. The molecule has 0 saturated carbocycles. The molecule has 2 amide bonds. The summed E-state index contributed by atoms with van der Waals surface area (Å²) in [5, 5.41) is 1.98. The van der Waals surface area contributed by atoms with Gasteiger partial charge in [0.15, 0.2) is 11.5 Å². The standard InChI is InChI=1S/C23H30N2O4S/c1-6-8-11-25(7-2)23(27)20-15-13-17(28-4)18(29-5)14-16(15)22(26)24(3)21(20)19-10-9-12-30-19/h9-10,12-14,20-21H,6-8,11H2,1-5H3/t20-,21-/m1/s1. The Morgan fingerprint density at radius 1 is 1.20 bits per heavy atom. The summed E-state index contributed by atoms with van der Waals surface area (Å²) in [6.45, 7) is 5.46. The van der Waals surface area contributed by atoms with Gasteiger partial charge in [0.25, 0.3) is 5.91 Å². The van der Waals surface area contributed by atoms with Crippen molar-refractivity contribution < 1.29 is 19.1 Å². The van der Waals surface area contributed by atoms with Crippen molar-refractivity contribution in [2.24, 2.45) is 0 Å². The summed E-state index contributed by atoms with van der Waals surface area (Å²) in [4.78, 5) is 31.7. The minimum absolute atomic E-state index is 0.0390. The molecular formula is C23H30N2O4S. The van der Waals surface area contributed by atoms with Crippen LogP contribution in [0.4, 0.5) is 0 Å². The summed E-state index contributed by atoms with van der Waals surface area (Å²) in [5.74, 6) is 0.421. The summed E-state index contributed by atoms with van der Waals surface area (Å²) < 4.78 is 10.9. The molecule has 6 nitrogen and oxygen atoms in total. The van der Waals surface area contributed by atoms with E-state index in [1.54, 1.807) is 49.6 Å². The number of carbonyl (C=O) groups excluding carboxylic acids is 2. The van der Waals surface area contributed by atoms with Crippen molar-refractivity contribution >= 4 is 23.2 Å². The second-order valence-corrected chi connectivity index (χ2v) is 8.40. The summed E-state index contributed by atoms with van der Waals surface area (Å²) in [7, 11) is 4.88. The highest BCUT2D eigenvalue weighted by molar-refractivity contribution is 7.10. The molecule has 30 heavy (non-hydrogen) atoms. The molecule has 0 saturated heterocycles. The molecule has 0 aliphatic carbocycles. The molecule has 0 radical (unpaired) electrons. The number of benzene rings is 1. The van der Waals surface area contributed by atoms with Gasteiger partial charge in [-0.3, -0.25) is 9.59 Å². The number of rotatable bonds is 8. The van der Waals surface area contributed by atoms with Gasteiger partial charge >= 0.3 is 0 Å². The van der Waals surface area contributed by atoms with Gasteiger partial charge in [0, 0.05) is 30.6 Å². The maximum Gasteiger partial charge on any atom is 0.254 e. The van der Waals surface area contributed by atoms with E-state index < -0.39 is 5.92 Å². The van der Waals surface area contributed by atoms with Crippen LogP contribution in [-0.2, 0) is 4.79 Å². The average molecular weight is 431 g/mol. The van der Waals surface area contributed by atoms with Crippen LogP contribution < -0.4 is 9.47 Å². The second-order valence-electron chi connectivity index (χ2n) is 7.42. The number of thiophene rings is 1. The lowest BCUT2D eigenvalue weighted by molar-refractivity contribution is -0.134. The van der Waals surface area contributed by atoms with E-state index in [0.29, 0.717) is 35.7 Å². The quantitative estimate of drug-likeness (QED) is 0.626. The van der Waals surface area contributed by atoms with Crippen molar-refractivity contribution in [3.63, 3.8) is 0 Å². The summed E-state index contributed by atoms with van der Waals surface area (Å²) in [6, 6.07) is 7.09. The molecule has 2 atom stereocenters. The van der Waals surface area contributed by atoms with E-state index in [0.717, 1.165) is 17.7 Å². The van der Waals surface area contributed by atoms with E-state index in [9.17, 15) is 9.59 Å². The SMILES string of the molecule is CCCCN(CC)C(=O)[C@@H]1c2cc(OC)c(OC)cc2C(=O)N(C)[C@@H]1c1cccs1.